The fourth-order valence-corrected chi connectivity index (χ4v) is 5.36. The number of piperazine rings is 1. The van der Waals surface area contributed by atoms with Gasteiger partial charge in [-0.2, -0.15) is 4.31 Å². The molecule has 0 bridgehead atoms. The molecule has 10 heteroatoms. The molecule has 2 N–H and O–H groups in total. The Bertz CT molecular complexity index is 726. The lowest BCUT2D eigenvalue weighted by Crippen LogP contribution is -2.57. The third kappa shape index (κ3) is 5.14. The highest BCUT2D eigenvalue weighted by atomic mass is 35.5. The number of benzene rings is 1. The third-order valence-corrected chi connectivity index (χ3v) is 7.47. The predicted octanol–water partition coefficient (Wildman–Crippen LogP) is 0.399. The molecule has 0 amide bonds. The zero-order chi connectivity index (χ0) is 17.1. The minimum absolute atomic E-state index is 0. The number of hydrogen-bond donors (Lipinski definition) is 2. The Morgan fingerprint density at radius 3 is 2.42 bits per heavy atom. The van der Waals surface area contributed by atoms with Crippen LogP contribution in [0.25, 0.3) is 0 Å². The molecule has 1 aliphatic rings. The highest BCUT2D eigenvalue weighted by molar-refractivity contribution is 7.90. The molecular weight excluding hydrogens is 374 g/mol. The third-order valence-electron chi connectivity index (χ3n) is 4.04. The normalized spacial score (nSPS) is 22.8. The van der Waals surface area contributed by atoms with E-state index in [-0.39, 0.29) is 41.7 Å². The largest absolute Gasteiger partial charge is 0.311 e. The van der Waals surface area contributed by atoms with Crippen LogP contribution in [0.4, 0.5) is 0 Å². The van der Waals surface area contributed by atoms with Crippen molar-refractivity contribution in [3.63, 3.8) is 0 Å². The van der Waals surface area contributed by atoms with E-state index in [2.05, 4.69) is 10.0 Å². The molecule has 0 spiro atoms. The summed E-state index contributed by atoms with van der Waals surface area (Å²) in [5, 5.41) is 3.22. The molecule has 1 aliphatic heterocycles. The smallest absolute Gasteiger partial charge is 0.240 e. The van der Waals surface area contributed by atoms with Crippen LogP contribution in [0.5, 0.6) is 0 Å². The van der Waals surface area contributed by atoms with Crippen molar-refractivity contribution in [2.45, 2.75) is 30.8 Å². The molecule has 0 aliphatic carbocycles. The first-order valence-corrected chi connectivity index (χ1v) is 10.6. The summed E-state index contributed by atoms with van der Waals surface area (Å²) in [6, 6.07) is 7.81. The summed E-state index contributed by atoms with van der Waals surface area (Å²) in [5.41, 5.74) is 0. The van der Waals surface area contributed by atoms with Crippen molar-refractivity contribution >= 4 is 32.5 Å². The van der Waals surface area contributed by atoms with Crippen molar-refractivity contribution < 1.29 is 16.8 Å². The Morgan fingerprint density at radius 1 is 1.17 bits per heavy atom. The highest BCUT2D eigenvalue weighted by Crippen LogP contribution is 2.14. The molecule has 0 radical (unpaired) electrons. The van der Waals surface area contributed by atoms with Crippen molar-refractivity contribution in [2.24, 2.45) is 0 Å². The molecule has 0 saturated carbocycles. The predicted molar refractivity (Wildman–Crippen MR) is 96.3 cm³/mol. The average Bonchev–Trinajstić information content (AvgIpc) is 2.50. The first-order chi connectivity index (χ1) is 10.7. The van der Waals surface area contributed by atoms with Gasteiger partial charge in [0.1, 0.15) is 0 Å². The van der Waals surface area contributed by atoms with Crippen molar-refractivity contribution in [1.29, 1.82) is 0 Å². The van der Waals surface area contributed by atoms with Gasteiger partial charge in [0.2, 0.25) is 20.0 Å². The van der Waals surface area contributed by atoms with E-state index in [9.17, 15) is 16.8 Å². The monoisotopic (exact) mass is 397 g/mol. The number of nitrogens with one attached hydrogen (secondary N) is 2. The zero-order valence-electron chi connectivity index (χ0n) is 13.7. The van der Waals surface area contributed by atoms with Crippen LogP contribution < -0.4 is 10.0 Å². The van der Waals surface area contributed by atoms with Crippen LogP contribution in [0.2, 0.25) is 0 Å². The second-order valence-corrected chi connectivity index (χ2v) is 9.43. The maximum absolute atomic E-state index is 12.4. The number of nitrogens with zero attached hydrogens (tertiary/aromatic N) is 1. The molecular formula is C14H24ClN3O4S2. The van der Waals surface area contributed by atoms with Crippen LogP contribution in [-0.4, -0.2) is 58.6 Å². The minimum atomic E-state index is -3.68. The summed E-state index contributed by atoms with van der Waals surface area (Å²) < 4.78 is 52.8. The van der Waals surface area contributed by atoms with E-state index in [1.165, 1.54) is 16.4 Å². The second-order valence-electron chi connectivity index (χ2n) is 5.62. The van der Waals surface area contributed by atoms with Crippen LogP contribution in [0.1, 0.15) is 13.8 Å². The molecule has 1 saturated heterocycles. The quantitative estimate of drug-likeness (QED) is 0.724. The molecule has 2 rings (SSSR count). The Morgan fingerprint density at radius 2 is 1.79 bits per heavy atom. The lowest BCUT2D eigenvalue weighted by Gasteiger charge is -2.37. The molecule has 1 fully saturated rings. The standard InChI is InChI=1S/C14H23N3O4S2.ClH/c1-12-13(2)17(10-8-15-12)22(18,19)11-9-16-23(20,21)14-6-4-3-5-7-14;/h3-7,12-13,15-16H,8-11H2,1-2H3;1H. The summed E-state index contributed by atoms with van der Waals surface area (Å²) in [6.45, 7) is 4.64. The minimum Gasteiger partial charge on any atom is -0.311 e. The van der Waals surface area contributed by atoms with Crippen LogP contribution in [0.15, 0.2) is 35.2 Å². The van der Waals surface area contributed by atoms with Gasteiger partial charge < -0.3 is 5.32 Å². The van der Waals surface area contributed by atoms with Crippen LogP contribution in [0.3, 0.4) is 0 Å². The molecule has 24 heavy (non-hydrogen) atoms. The highest BCUT2D eigenvalue weighted by Gasteiger charge is 2.33. The maximum atomic E-state index is 12.4. The van der Waals surface area contributed by atoms with Gasteiger partial charge >= 0.3 is 0 Å². The van der Waals surface area contributed by atoms with E-state index in [0.717, 1.165) is 0 Å². The van der Waals surface area contributed by atoms with E-state index < -0.39 is 20.0 Å². The first-order valence-electron chi connectivity index (χ1n) is 7.52. The summed E-state index contributed by atoms with van der Waals surface area (Å²) in [4.78, 5) is 0.126. The number of halogens is 1. The number of hydrogen-bond acceptors (Lipinski definition) is 5. The van der Waals surface area contributed by atoms with E-state index >= 15 is 0 Å². The van der Waals surface area contributed by atoms with Gasteiger partial charge in [-0.1, -0.05) is 18.2 Å². The van der Waals surface area contributed by atoms with Crippen molar-refractivity contribution in [2.75, 3.05) is 25.4 Å². The fourth-order valence-electron chi connectivity index (χ4n) is 2.52. The molecule has 1 heterocycles. The van der Waals surface area contributed by atoms with Gasteiger partial charge in [0.15, 0.2) is 0 Å². The van der Waals surface area contributed by atoms with Gasteiger partial charge in [-0.15, -0.1) is 12.4 Å². The maximum Gasteiger partial charge on any atom is 0.240 e. The molecule has 2 atom stereocenters. The van der Waals surface area contributed by atoms with Gasteiger partial charge in [-0.05, 0) is 26.0 Å². The summed E-state index contributed by atoms with van der Waals surface area (Å²) in [6.07, 6.45) is 0. The summed E-state index contributed by atoms with van der Waals surface area (Å²) in [7, 11) is -7.19. The van der Waals surface area contributed by atoms with Crippen molar-refractivity contribution in [3.05, 3.63) is 30.3 Å². The Hall–Kier alpha value is -0.710. The van der Waals surface area contributed by atoms with Gasteiger partial charge in [0.25, 0.3) is 0 Å². The average molecular weight is 398 g/mol. The van der Waals surface area contributed by atoms with Gasteiger partial charge in [0.05, 0.1) is 10.6 Å². The topological polar surface area (TPSA) is 95.6 Å². The summed E-state index contributed by atoms with van der Waals surface area (Å²) >= 11 is 0. The lowest BCUT2D eigenvalue weighted by atomic mass is 10.1. The summed E-state index contributed by atoms with van der Waals surface area (Å²) in [5.74, 6) is -0.254. The van der Waals surface area contributed by atoms with Crippen LogP contribution >= 0.6 is 12.4 Å². The van der Waals surface area contributed by atoms with Gasteiger partial charge in [-0.25, -0.2) is 21.6 Å². The Balaban J connectivity index is 0.00000288. The Labute approximate surface area is 150 Å². The SMILES string of the molecule is CC1NCCN(S(=O)(=O)CCNS(=O)(=O)c2ccccc2)C1C.Cl. The lowest BCUT2D eigenvalue weighted by molar-refractivity contribution is 0.233. The number of rotatable bonds is 6. The molecule has 7 nitrogen and oxygen atoms in total. The van der Waals surface area contributed by atoms with Crippen LogP contribution in [-0.2, 0) is 20.0 Å². The molecule has 138 valence electrons. The van der Waals surface area contributed by atoms with Crippen molar-refractivity contribution in [3.8, 4) is 0 Å². The fraction of sp³-hybridized carbons (Fsp3) is 0.571. The van der Waals surface area contributed by atoms with Gasteiger partial charge in [0, 0.05) is 31.7 Å². The van der Waals surface area contributed by atoms with E-state index in [0.29, 0.717) is 13.1 Å². The van der Waals surface area contributed by atoms with E-state index in [4.69, 9.17) is 0 Å². The van der Waals surface area contributed by atoms with Crippen molar-refractivity contribution in [1.82, 2.24) is 14.3 Å². The first kappa shape index (κ1) is 21.3. The van der Waals surface area contributed by atoms with Gasteiger partial charge in [-0.3, -0.25) is 0 Å². The second kappa shape index (κ2) is 8.59. The number of sulfonamides is 2. The van der Waals surface area contributed by atoms with E-state index in [1.54, 1.807) is 18.2 Å². The molecule has 2 unspecified atom stereocenters. The molecule has 1 aromatic carbocycles. The Kier molecular flexibility index (Phi) is 7.64. The molecule has 1 aromatic rings. The van der Waals surface area contributed by atoms with Crippen LogP contribution in [0, 0.1) is 0 Å². The van der Waals surface area contributed by atoms with E-state index in [1.807, 2.05) is 13.8 Å². The zero-order valence-corrected chi connectivity index (χ0v) is 16.1. The molecule has 0 aromatic heterocycles.